The Morgan fingerprint density at radius 2 is 1.57 bits per heavy atom. The van der Waals surface area contributed by atoms with Gasteiger partial charge in [0.1, 0.15) is 6.10 Å². The van der Waals surface area contributed by atoms with Crippen molar-refractivity contribution in [3.05, 3.63) is 0 Å². The van der Waals surface area contributed by atoms with Crippen LogP contribution in [0.2, 0.25) is 0 Å². The Hall–Kier alpha value is -0.440. The molecule has 1 saturated heterocycles. The van der Waals surface area contributed by atoms with Crippen molar-refractivity contribution in [2.45, 2.75) is 30.3 Å². The maximum atomic E-state index is 12.7. The van der Waals surface area contributed by atoms with Gasteiger partial charge in [-0.25, -0.2) is 0 Å². The van der Waals surface area contributed by atoms with Gasteiger partial charge in [-0.15, -0.1) is 0 Å². The number of halogens is 4. The highest BCUT2D eigenvalue weighted by Crippen LogP contribution is 2.45. The van der Waals surface area contributed by atoms with Crippen LogP contribution in [-0.4, -0.2) is 52.3 Å². The van der Waals surface area contributed by atoms with E-state index in [9.17, 15) is 17.6 Å². The Morgan fingerprint density at radius 1 is 1.07 bits per heavy atom. The largest absolute Gasteiger partial charge is 0.394 e. The summed E-state index contributed by atoms with van der Waals surface area (Å²) in [5.74, 6) is -9.71. The molecule has 0 bridgehead atoms. The van der Waals surface area contributed by atoms with Crippen LogP contribution in [0.25, 0.3) is 0 Å². The number of hydrogen-bond donors (Lipinski definition) is 3. The number of alkyl halides is 4. The lowest BCUT2D eigenvalue weighted by Gasteiger charge is -2.41. The maximum Gasteiger partial charge on any atom is 0.362 e. The highest BCUT2D eigenvalue weighted by molar-refractivity contribution is 5.00. The van der Waals surface area contributed by atoms with Crippen molar-refractivity contribution in [3.8, 4) is 0 Å². The first-order valence-corrected chi connectivity index (χ1v) is 3.63. The van der Waals surface area contributed by atoms with Gasteiger partial charge in [-0.1, -0.05) is 0 Å². The Labute approximate surface area is 75.7 Å². The Kier molecular flexibility index (Phi) is 2.74. The molecular formula is C6H8F4O4. The predicted octanol–water partition coefficient (Wildman–Crippen LogP) is -0.673. The lowest BCUT2D eigenvalue weighted by Crippen LogP contribution is -2.66. The van der Waals surface area contributed by atoms with Gasteiger partial charge in [-0.2, -0.15) is 17.6 Å². The summed E-state index contributed by atoms with van der Waals surface area (Å²) in [6.45, 7) is -1.09. The zero-order valence-corrected chi connectivity index (χ0v) is 6.70. The van der Waals surface area contributed by atoms with Crippen molar-refractivity contribution >= 4 is 0 Å². The van der Waals surface area contributed by atoms with Gasteiger partial charge in [0, 0.05) is 0 Å². The van der Waals surface area contributed by atoms with E-state index in [1.165, 1.54) is 0 Å². The van der Waals surface area contributed by atoms with Crippen LogP contribution in [0.5, 0.6) is 0 Å². The van der Waals surface area contributed by atoms with Crippen molar-refractivity contribution < 1.29 is 37.6 Å². The summed E-state index contributed by atoms with van der Waals surface area (Å²) in [6.07, 6.45) is -7.83. The van der Waals surface area contributed by atoms with Crippen molar-refractivity contribution in [3.63, 3.8) is 0 Å². The normalized spacial score (nSPS) is 40.9. The molecule has 0 saturated carbocycles. The van der Waals surface area contributed by atoms with Crippen LogP contribution < -0.4 is 0 Å². The van der Waals surface area contributed by atoms with Crippen molar-refractivity contribution in [2.24, 2.45) is 0 Å². The minimum Gasteiger partial charge on any atom is -0.394 e. The van der Waals surface area contributed by atoms with Gasteiger partial charge in [-0.05, 0) is 0 Å². The molecule has 0 spiro atoms. The van der Waals surface area contributed by atoms with Crippen molar-refractivity contribution in [1.82, 2.24) is 0 Å². The molecule has 0 aromatic rings. The van der Waals surface area contributed by atoms with Crippen LogP contribution in [0, 0.1) is 0 Å². The Balaban J connectivity index is 2.98. The van der Waals surface area contributed by atoms with Gasteiger partial charge in [0.15, 0.2) is 6.10 Å². The molecule has 3 N–H and O–H groups in total. The number of aliphatic hydroxyl groups excluding tert-OH is 3. The van der Waals surface area contributed by atoms with E-state index >= 15 is 0 Å². The average molecular weight is 220 g/mol. The molecule has 1 heterocycles. The molecule has 4 nitrogen and oxygen atoms in total. The van der Waals surface area contributed by atoms with Crippen LogP contribution in [0.3, 0.4) is 0 Å². The first kappa shape index (κ1) is 11.6. The van der Waals surface area contributed by atoms with Gasteiger partial charge >= 0.3 is 11.8 Å². The lowest BCUT2D eigenvalue weighted by atomic mass is 9.97. The molecule has 1 aliphatic heterocycles. The van der Waals surface area contributed by atoms with E-state index in [4.69, 9.17) is 15.3 Å². The molecular weight excluding hydrogens is 212 g/mol. The van der Waals surface area contributed by atoms with Crippen molar-refractivity contribution in [2.75, 3.05) is 6.61 Å². The standard InChI is InChI=1S/C6H8F4O4/c7-5(8)3(12)2(1-11)14-4(13)6(5,9)10/h2-4,11-13H,1H2/t2-,3+,4-/m1/s1. The second-order valence-electron chi connectivity index (χ2n) is 2.90. The van der Waals surface area contributed by atoms with E-state index in [2.05, 4.69) is 4.74 Å². The third-order valence-corrected chi connectivity index (χ3v) is 1.96. The third-order valence-electron chi connectivity index (χ3n) is 1.96. The average Bonchev–Trinajstić information content (AvgIpc) is 2.10. The number of hydrogen-bond acceptors (Lipinski definition) is 4. The quantitative estimate of drug-likeness (QED) is 0.512. The predicted molar refractivity (Wildman–Crippen MR) is 33.9 cm³/mol. The first-order chi connectivity index (χ1) is 6.25. The second kappa shape index (κ2) is 3.30. The fraction of sp³-hybridized carbons (Fsp3) is 1.00. The van der Waals surface area contributed by atoms with E-state index in [-0.39, 0.29) is 0 Å². The zero-order chi connectivity index (χ0) is 11.1. The van der Waals surface area contributed by atoms with Gasteiger partial charge in [0.25, 0.3) is 0 Å². The van der Waals surface area contributed by atoms with Crippen LogP contribution >= 0.6 is 0 Å². The molecule has 1 rings (SSSR count). The minimum absolute atomic E-state index is 1.09. The summed E-state index contributed by atoms with van der Waals surface area (Å²) >= 11 is 0. The summed E-state index contributed by atoms with van der Waals surface area (Å²) in [7, 11) is 0. The van der Waals surface area contributed by atoms with Gasteiger partial charge in [0.2, 0.25) is 6.29 Å². The molecule has 0 aromatic heterocycles. The van der Waals surface area contributed by atoms with Crippen LogP contribution in [0.1, 0.15) is 0 Å². The molecule has 3 atom stereocenters. The topological polar surface area (TPSA) is 69.9 Å². The van der Waals surface area contributed by atoms with Gasteiger partial charge in [-0.3, -0.25) is 0 Å². The monoisotopic (exact) mass is 220 g/mol. The van der Waals surface area contributed by atoms with Gasteiger partial charge < -0.3 is 20.1 Å². The summed E-state index contributed by atoms with van der Waals surface area (Å²) < 4.78 is 54.5. The fourth-order valence-corrected chi connectivity index (χ4v) is 1.06. The van der Waals surface area contributed by atoms with E-state index in [0.29, 0.717) is 0 Å². The number of rotatable bonds is 1. The Bertz CT molecular complexity index is 222. The zero-order valence-electron chi connectivity index (χ0n) is 6.70. The molecule has 1 fully saturated rings. The first-order valence-electron chi connectivity index (χ1n) is 3.63. The van der Waals surface area contributed by atoms with E-state index < -0.39 is 36.9 Å². The molecule has 0 radical (unpaired) electrons. The van der Waals surface area contributed by atoms with E-state index in [1.54, 1.807) is 0 Å². The molecule has 14 heavy (non-hydrogen) atoms. The highest BCUT2D eigenvalue weighted by Gasteiger charge is 2.70. The fourth-order valence-electron chi connectivity index (χ4n) is 1.06. The summed E-state index contributed by atoms with van der Waals surface area (Å²) in [5.41, 5.74) is 0. The molecule has 8 heteroatoms. The molecule has 0 aliphatic carbocycles. The third kappa shape index (κ3) is 1.38. The van der Waals surface area contributed by atoms with Gasteiger partial charge in [0.05, 0.1) is 6.61 Å². The second-order valence-corrected chi connectivity index (χ2v) is 2.90. The minimum atomic E-state index is -4.88. The van der Waals surface area contributed by atoms with Crippen LogP contribution in [0.4, 0.5) is 17.6 Å². The van der Waals surface area contributed by atoms with Crippen molar-refractivity contribution in [1.29, 1.82) is 0 Å². The maximum absolute atomic E-state index is 12.7. The Morgan fingerprint density at radius 3 is 2.00 bits per heavy atom. The summed E-state index contributed by atoms with van der Waals surface area (Å²) in [6, 6.07) is 0. The number of aliphatic hydroxyl groups is 3. The molecule has 0 amide bonds. The number of ether oxygens (including phenoxy) is 1. The lowest BCUT2D eigenvalue weighted by molar-refractivity contribution is -0.395. The molecule has 0 aromatic carbocycles. The highest BCUT2D eigenvalue weighted by atomic mass is 19.3. The van der Waals surface area contributed by atoms with E-state index in [1.807, 2.05) is 0 Å². The summed E-state index contributed by atoms with van der Waals surface area (Å²) in [4.78, 5) is 0. The molecule has 1 aliphatic rings. The molecule has 84 valence electrons. The molecule has 0 unspecified atom stereocenters. The van der Waals surface area contributed by atoms with E-state index in [0.717, 1.165) is 0 Å². The summed E-state index contributed by atoms with van der Waals surface area (Å²) in [5, 5.41) is 25.6. The van der Waals surface area contributed by atoms with Crippen LogP contribution in [0.15, 0.2) is 0 Å². The van der Waals surface area contributed by atoms with Crippen LogP contribution in [-0.2, 0) is 4.74 Å². The smallest absolute Gasteiger partial charge is 0.362 e. The SMILES string of the molecule is OC[C@H]1O[C@@H](O)C(F)(F)C(F)(F)[C@H]1O.